The van der Waals surface area contributed by atoms with Crippen LogP contribution in [0.15, 0.2) is 4.52 Å². The Morgan fingerprint density at radius 3 is 2.85 bits per heavy atom. The fraction of sp³-hybridized carbons (Fsp3) is 0.833. The van der Waals surface area contributed by atoms with E-state index in [9.17, 15) is 8.42 Å². The zero-order valence-corrected chi connectivity index (χ0v) is 12.4. The molecular formula is C12H20N4O3S. The first-order chi connectivity index (χ1) is 9.53. The summed E-state index contributed by atoms with van der Waals surface area (Å²) in [6, 6.07) is 0.00217. The molecule has 2 fully saturated rings. The molecule has 0 radical (unpaired) electrons. The summed E-state index contributed by atoms with van der Waals surface area (Å²) >= 11 is 0. The van der Waals surface area contributed by atoms with Crippen molar-refractivity contribution < 1.29 is 12.9 Å². The van der Waals surface area contributed by atoms with Crippen LogP contribution in [0.3, 0.4) is 0 Å². The highest BCUT2D eigenvalue weighted by atomic mass is 32.2. The monoisotopic (exact) mass is 300 g/mol. The molecule has 3 rings (SSSR count). The van der Waals surface area contributed by atoms with Crippen molar-refractivity contribution in [1.82, 2.24) is 19.8 Å². The number of likely N-dealkylation sites (tertiary alicyclic amines) is 1. The van der Waals surface area contributed by atoms with Gasteiger partial charge < -0.3 is 4.52 Å². The minimum atomic E-state index is -3.11. The van der Waals surface area contributed by atoms with Gasteiger partial charge in [0.15, 0.2) is 5.82 Å². The quantitative estimate of drug-likeness (QED) is 0.848. The Balaban J connectivity index is 1.56. The zero-order valence-electron chi connectivity index (χ0n) is 11.6. The van der Waals surface area contributed by atoms with Crippen molar-refractivity contribution >= 4 is 10.0 Å². The number of hydrogen-bond acceptors (Lipinski definition) is 6. The second-order valence-corrected chi connectivity index (χ2v) is 7.66. The Labute approximate surface area is 118 Å². The molecule has 1 N–H and O–H groups in total. The van der Waals surface area contributed by atoms with E-state index in [4.69, 9.17) is 4.52 Å². The van der Waals surface area contributed by atoms with Crippen LogP contribution in [0.1, 0.15) is 37.4 Å². The molecule has 20 heavy (non-hydrogen) atoms. The summed E-state index contributed by atoms with van der Waals surface area (Å²) in [5.74, 6) is 1.22. The molecule has 1 saturated carbocycles. The van der Waals surface area contributed by atoms with E-state index in [1.807, 2.05) is 0 Å². The Bertz CT molecular complexity index is 567. The van der Waals surface area contributed by atoms with Crippen LogP contribution in [0, 0.1) is 6.92 Å². The van der Waals surface area contributed by atoms with Gasteiger partial charge in [0.25, 0.3) is 0 Å². The highest BCUT2D eigenvalue weighted by molar-refractivity contribution is 7.90. The fourth-order valence-corrected chi connectivity index (χ4v) is 4.21. The number of aryl methyl sites for hydroxylation is 1. The van der Waals surface area contributed by atoms with Crippen LogP contribution in [0.4, 0.5) is 0 Å². The van der Waals surface area contributed by atoms with Gasteiger partial charge in [0.05, 0.1) is 11.8 Å². The van der Waals surface area contributed by atoms with E-state index >= 15 is 0 Å². The lowest BCUT2D eigenvalue weighted by molar-refractivity contribution is 0.188. The van der Waals surface area contributed by atoms with Gasteiger partial charge in [0, 0.05) is 19.5 Å². The number of piperidine rings is 1. The van der Waals surface area contributed by atoms with E-state index in [1.165, 1.54) is 0 Å². The molecule has 1 aromatic heterocycles. The minimum absolute atomic E-state index is 0.00217. The van der Waals surface area contributed by atoms with Crippen molar-refractivity contribution in [3.63, 3.8) is 0 Å². The molecule has 1 unspecified atom stereocenters. The van der Waals surface area contributed by atoms with Crippen molar-refractivity contribution in [3.05, 3.63) is 11.7 Å². The molecule has 112 valence electrons. The molecule has 0 spiro atoms. The van der Waals surface area contributed by atoms with Crippen LogP contribution in [0.5, 0.6) is 0 Å². The molecule has 2 heterocycles. The van der Waals surface area contributed by atoms with Gasteiger partial charge in [-0.15, -0.1) is 0 Å². The molecular weight excluding hydrogens is 280 g/mol. The average Bonchev–Trinajstić information content (AvgIpc) is 3.15. The first-order valence-corrected chi connectivity index (χ1v) is 8.60. The maximum Gasteiger partial charge on any atom is 0.223 e. The van der Waals surface area contributed by atoms with Crippen molar-refractivity contribution in [2.75, 3.05) is 13.1 Å². The second-order valence-electron chi connectivity index (χ2n) is 5.67. The summed E-state index contributed by atoms with van der Waals surface area (Å²) in [4.78, 5) is 6.36. The van der Waals surface area contributed by atoms with E-state index in [-0.39, 0.29) is 11.3 Å². The number of nitrogens with one attached hydrogen (secondary N) is 1. The van der Waals surface area contributed by atoms with E-state index < -0.39 is 10.0 Å². The van der Waals surface area contributed by atoms with Gasteiger partial charge in [-0.3, -0.25) is 4.90 Å². The largest absolute Gasteiger partial charge is 0.340 e. The van der Waals surface area contributed by atoms with Crippen LogP contribution in [-0.4, -0.2) is 47.8 Å². The molecule has 1 atom stereocenters. The van der Waals surface area contributed by atoms with E-state index in [0.717, 1.165) is 32.2 Å². The molecule has 2 aliphatic rings. The molecule has 1 aromatic rings. The Hall–Kier alpha value is -0.990. The van der Waals surface area contributed by atoms with Gasteiger partial charge in [-0.2, -0.15) is 4.98 Å². The van der Waals surface area contributed by atoms with Crippen molar-refractivity contribution in [2.45, 2.75) is 50.4 Å². The third-order valence-corrected chi connectivity index (χ3v) is 5.75. The number of nitrogens with zero attached hydrogens (tertiary/aromatic N) is 3. The molecule has 1 aliphatic carbocycles. The molecule has 1 aliphatic heterocycles. The topological polar surface area (TPSA) is 88.3 Å². The van der Waals surface area contributed by atoms with Crippen LogP contribution >= 0.6 is 0 Å². The lowest BCUT2D eigenvalue weighted by atomic mass is 10.1. The van der Waals surface area contributed by atoms with Crippen LogP contribution in [0.2, 0.25) is 0 Å². The Morgan fingerprint density at radius 1 is 1.40 bits per heavy atom. The highest BCUT2D eigenvalue weighted by Gasteiger charge is 2.37. The van der Waals surface area contributed by atoms with Crippen molar-refractivity contribution in [3.8, 4) is 0 Å². The standard InChI is InChI=1S/C12H20N4O3S/c1-9-13-12(14-19-9)8-16-6-2-3-10(7-16)15-20(17,18)11-4-5-11/h10-11,15H,2-8H2,1H3. The maximum atomic E-state index is 12.0. The summed E-state index contributed by atoms with van der Waals surface area (Å²) in [5.41, 5.74) is 0. The lowest BCUT2D eigenvalue weighted by Gasteiger charge is -2.32. The number of rotatable bonds is 5. The Kier molecular flexibility index (Phi) is 3.78. The molecule has 1 saturated heterocycles. The molecule has 0 aromatic carbocycles. The highest BCUT2D eigenvalue weighted by Crippen LogP contribution is 2.28. The maximum absolute atomic E-state index is 12.0. The first kappa shape index (κ1) is 14.0. The summed E-state index contributed by atoms with van der Waals surface area (Å²) in [7, 11) is -3.11. The van der Waals surface area contributed by atoms with Gasteiger partial charge >= 0.3 is 0 Å². The van der Waals surface area contributed by atoms with Crippen LogP contribution < -0.4 is 4.72 Å². The summed E-state index contributed by atoms with van der Waals surface area (Å²) in [5, 5.41) is 3.73. The molecule has 0 amide bonds. The average molecular weight is 300 g/mol. The smallest absolute Gasteiger partial charge is 0.223 e. The predicted octanol–water partition coefficient (Wildman–Crippen LogP) is 0.424. The second kappa shape index (κ2) is 5.42. The van der Waals surface area contributed by atoms with Gasteiger partial charge in [0.1, 0.15) is 0 Å². The summed E-state index contributed by atoms with van der Waals surface area (Å²) in [6.07, 6.45) is 3.48. The normalized spacial score (nSPS) is 24.9. The molecule has 7 nitrogen and oxygen atoms in total. The van der Waals surface area contributed by atoms with Crippen LogP contribution in [0.25, 0.3) is 0 Å². The van der Waals surface area contributed by atoms with Gasteiger partial charge in [-0.1, -0.05) is 5.16 Å². The van der Waals surface area contributed by atoms with Gasteiger partial charge in [-0.25, -0.2) is 13.1 Å². The predicted molar refractivity (Wildman–Crippen MR) is 72.4 cm³/mol. The fourth-order valence-electron chi connectivity index (χ4n) is 2.61. The summed E-state index contributed by atoms with van der Waals surface area (Å²) in [6.45, 7) is 4.02. The van der Waals surface area contributed by atoms with Crippen molar-refractivity contribution in [1.29, 1.82) is 0 Å². The molecule has 0 bridgehead atoms. The number of hydrogen-bond donors (Lipinski definition) is 1. The minimum Gasteiger partial charge on any atom is -0.340 e. The van der Waals surface area contributed by atoms with E-state index in [0.29, 0.717) is 24.8 Å². The van der Waals surface area contributed by atoms with Crippen LogP contribution in [-0.2, 0) is 16.6 Å². The van der Waals surface area contributed by atoms with Gasteiger partial charge in [0.2, 0.25) is 15.9 Å². The van der Waals surface area contributed by atoms with Crippen molar-refractivity contribution in [2.24, 2.45) is 0 Å². The Morgan fingerprint density at radius 2 is 2.20 bits per heavy atom. The number of sulfonamides is 1. The lowest BCUT2D eigenvalue weighted by Crippen LogP contribution is -2.48. The molecule has 8 heteroatoms. The SMILES string of the molecule is Cc1nc(CN2CCCC(NS(=O)(=O)C3CC3)C2)no1. The third kappa shape index (κ3) is 3.36. The van der Waals surface area contributed by atoms with E-state index in [1.54, 1.807) is 6.92 Å². The third-order valence-electron chi connectivity index (χ3n) is 3.73. The van der Waals surface area contributed by atoms with E-state index in [2.05, 4.69) is 19.8 Å². The van der Waals surface area contributed by atoms with Gasteiger partial charge in [-0.05, 0) is 32.2 Å². The first-order valence-electron chi connectivity index (χ1n) is 7.05. The number of aromatic nitrogens is 2. The summed E-state index contributed by atoms with van der Waals surface area (Å²) < 4.78 is 31.7. The zero-order chi connectivity index (χ0) is 14.2.